The van der Waals surface area contributed by atoms with Gasteiger partial charge in [-0.1, -0.05) is 11.6 Å². The number of nitrogens with one attached hydrogen (secondary N) is 2. The predicted octanol–water partition coefficient (Wildman–Crippen LogP) is 2.98. The number of aromatic nitrogens is 2. The molecule has 2 aromatic heterocycles. The molecular formula is C17H24ClN5OS. The van der Waals surface area contributed by atoms with E-state index >= 15 is 0 Å². The van der Waals surface area contributed by atoms with Gasteiger partial charge in [-0.25, -0.2) is 9.97 Å². The molecule has 6 nitrogen and oxygen atoms in total. The number of aryl methyl sites for hydroxylation is 2. The summed E-state index contributed by atoms with van der Waals surface area (Å²) < 4.78 is 5.56. The highest BCUT2D eigenvalue weighted by atomic mass is 35.5. The van der Waals surface area contributed by atoms with Gasteiger partial charge in [0.15, 0.2) is 5.96 Å². The molecule has 2 rings (SSSR count). The summed E-state index contributed by atoms with van der Waals surface area (Å²) in [4.78, 5) is 14.5. The van der Waals surface area contributed by atoms with Crippen molar-refractivity contribution in [3.05, 3.63) is 38.9 Å². The Morgan fingerprint density at radius 1 is 1.36 bits per heavy atom. The van der Waals surface area contributed by atoms with Crippen molar-refractivity contribution >= 4 is 28.9 Å². The standard InChI is InChI=1S/C17H24ClN5OS/c1-4-19-17(21-9-7-15-23-12(2)13(3)25-15)22-10-11-24-16-14(18)6-5-8-20-16/h5-6,8H,4,7,9-11H2,1-3H3,(H2,19,21,22). The molecule has 0 aliphatic heterocycles. The van der Waals surface area contributed by atoms with Crippen molar-refractivity contribution < 1.29 is 4.74 Å². The van der Waals surface area contributed by atoms with Crippen LogP contribution in [0.2, 0.25) is 5.02 Å². The van der Waals surface area contributed by atoms with Gasteiger partial charge in [0.2, 0.25) is 5.88 Å². The molecule has 0 atom stereocenters. The zero-order chi connectivity index (χ0) is 18.1. The third kappa shape index (κ3) is 6.51. The average molecular weight is 382 g/mol. The molecule has 0 spiro atoms. The van der Waals surface area contributed by atoms with Crippen LogP contribution in [0.3, 0.4) is 0 Å². The zero-order valence-electron chi connectivity index (χ0n) is 14.8. The summed E-state index contributed by atoms with van der Waals surface area (Å²) >= 11 is 7.75. The quantitative estimate of drug-likeness (QED) is 0.418. The van der Waals surface area contributed by atoms with Gasteiger partial charge in [-0.3, -0.25) is 4.99 Å². The topological polar surface area (TPSA) is 71.4 Å². The first-order valence-electron chi connectivity index (χ1n) is 8.28. The lowest BCUT2D eigenvalue weighted by molar-refractivity contribution is 0.310. The third-order valence-electron chi connectivity index (χ3n) is 3.37. The first-order valence-corrected chi connectivity index (χ1v) is 9.48. The van der Waals surface area contributed by atoms with Gasteiger partial charge in [-0.05, 0) is 32.9 Å². The number of rotatable bonds is 8. The van der Waals surface area contributed by atoms with Crippen molar-refractivity contribution in [1.29, 1.82) is 0 Å². The van der Waals surface area contributed by atoms with Crippen LogP contribution in [0.15, 0.2) is 23.3 Å². The average Bonchev–Trinajstić information content (AvgIpc) is 2.91. The summed E-state index contributed by atoms with van der Waals surface area (Å²) in [7, 11) is 0. The molecule has 0 bridgehead atoms. The lowest BCUT2D eigenvalue weighted by atomic mass is 10.4. The van der Waals surface area contributed by atoms with Gasteiger partial charge >= 0.3 is 0 Å². The van der Waals surface area contributed by atoms with E-state index in [-0.39, 0.29) is 0 Å². The fourth-order valence-corrected chi connectivity index (χ4v) is 3.14. The summed E-state index contributed by atoms with van der Waals surface area (Å²) in [6, 6.07) is 3.53. The minimum Gasteiger partial charge on any atom is -0.475 e. The highest BCUT2D eigenvalue weighted by Gasteiger charge is 2.04. The second-order valence-electron chi connectivity index (χ2n) is 5.33. The molecule has 0 unspecified atom stereocenters. The molecule has 25 heavy (non-hydrogen) atoms. The molecule has 136 valence electrons. The lowest BCUT2D eigenvalue weighted by Crippen LogP contribution is -2.39. The van der Waals surface area contributed by atoms with E-state index in [1.54, 1.807) is 29.7 Å². The maximum Gasteiger partial charge on any atom is 0.232 e. The lowest BCUT2D eigenvalue weighted by Gasteiger charge is -2.12. The van der Waals surface area contributed by atoms with Crippen LogP contribution in [0, 0.1) is 13.8 Å². The van der Waals surface area contributed by atoms with E-state index in [4.69, 9.17) is 16.3 Å². The van der Waals surface area contributed by atoms with Crippen molar-refractivity contribution in [3.63, 3.8) is 0 Å². The van der Waals surface area contributed by atoms with Gasteiger partial charge in [0.05, 0.1) is 17.2 Å². The number of guanidine groups is 1. The molecule has 0 saturated heterocycles. The molecular weight excluding hydrogens is 358 g/mol. The fraction of sp³-hybridized carbons (Fsp3) is 0.471. The maximum absolute atomic E-state index is 6.01. The second-order valence-corrected chi connectivity index (χ2v) is 7.02. The van der Waals surface area contributed by atoms with Crippen LogP contribution in [0.4, 0.5) is 0 Å². The minimum absolute atomic E-state index is 0.447. The Hall–Kier alpha value is -1.86. The number of hydrogen-bond donors (Lipinski definition) is 2. The molecule has 0 amide bonds. The minimum atomic E-state index is 0.447. The van der Waals surface area contributed by atoms with E-state index in [9.17, 15) is 0 Å². The molecule has 0 radical (unpaired) electrons. The first-order chi connectivity index (χ1) is 12.1. The first kappa shape index (κ1) is 19.5. The van der Waals surface area contributed by atoms with Gasteiger partial charge in [0.25, 0.3) is 0 Å². The van der Waals surface area contributed by atoms with Crippen LogP contribution in [0.25, 0.3) is 0 Å². The van der Waals surface area contributed by atoms with Crippen LogP contribution in [-0.2, 0) is 6.42 Å². The Bertz CT molecular complexity index is 685. The monoisotopic (exact) mass is 381 g/mol. The van der Waals surface area contributed by atoms with E-state index in [2.05, 4.69) is 32.5 Å². The number of ether oxygens (including phenoxy) is 1. The van der Waals surface area contributed by atoms with E-state index < -0.39 is 0 Å². The molecule has 2 aromatic rings. The van der Waals surface area contributed by atoms with Gasteiger partial charge in [0, 0.05) is 30.6 Å². The summed E-state index contributed by atoms with van der Waals surface area (Å²) in [6.45, 7) is 8.72. The molecule has 2 N–H and O–H groups in total. The summed E-state index contributed by atoms with van der Waals surface area (Å²) in [5.74, 6) is 1.21. The Labute approximate surface area is 157 Å². The van der Waals surface area contributed by atoms with Crippen LogP contribution >= 0.6 is 22.9 Å². The predicted molar refractivity (Wildman–Crippen MR) is 104 cm³/mol. The van der Waals surface area contributed by atoms with Crippen LogP contribution in [0.1, 0.15) is 22.5 Å². The van der Waals surface area contributed by atoms with Crippen molar-refractivity contribution in [3.8, 4) is 5.88 Å². The highest BCUT2D eigenvalue weighted by molar-refractivity contribution is 7.11. The largest absolute Gasteiger partial charge is 0.475 e. The number of halogens is 1. The summed E-state index contributed by atoms with van der Waals surface area (Å²) in [6.07, 6.45) is 2.50. The molecule has 8 heteroatoms. The number of aliphatic imine (C=N–C) groups is 1. The van der Waals surface area contributed by atoms with Crippen molar-refractivity contribution in [2.75, 3.05) is 26.2 Å². The van der Waals surface area contributed by atoms with Gasteiger partial charge in [-0.2, -0.15) is 0 Å². The van der Waals surface area contributed by atoms with E-state index in [0.717, 1.165) is 29.6 Å². The highest BCUT2D eigenvalue weighted by Crippen LogP contribution is 2.19. The Morgan fingerprint density at radius 3 is 2.88 bits per heavy atom. The molecule has 0 aromatic carbocycles. The van der Waals surface area contributed by atoms with Crippen LogP contribution in [-0.4, -0.2) is 42.2 Å². The zero-order valence-corrected chi connectivity index (χ0v) is 16.4. The van der Waals surface area contributed by atoms with E-state index in [1.165, 1.54) is 4.88 Å². The van der Waals surface area contributed by atoms with Crippen molar-refractivity contribution in [2.45, 2.75) is 27.2 Å². The van der Waals surface area contributed by atoms with Crippen molar-refractivity contribution in [1.82, 2.24) is 20.6 Å². The molecule has 2 heterocycles. The molecule has 0 aliphatic rings. The van der Waals surface area contributed by atoms with E-state index in [1.807, 2.05) is 13.8 Å². The molecule has 0 fully saturated rings. The third-order valence-corrected chi connectivity index (χ3v) is 4.79. The van der Waals surface area contributed by atoms with Gasteiger partial charge in [-0.15, -0.1) is 11.3 Å². The SMILES string of the molecule is CCNC(=NCCc1nc(C)c(C)s1)NCCOc1ncccc1Cl. The van der Waals surface area contributed by atoms with Crippen LogP contribution < -0.4 is 15.4 Å². The number of pyridine rings is 1. The number of hydrogen-bond acceptors (Lipinski definition) is 5. The normalized spacial score (nSPS) is 11.4. The molecule has 0 saturated carbocycles. The fourth-order valence-electron chi connectivity index (χ4n) is 2.05. The van der Waals surface area contributed by atoms with Gasteiger partial charge < -0.3 is 15.4 Å². The van der Waals surface area contributed by atoms with Gasteiger partial charge in [0.1, 0.15) is 11.6 Å². The Morgan fingerprint density at radius 2 is 2.20 bits per heavy atom. The summed E-state index contributed by atoms with van der Waals surface area (Å²) in [5, 5.41) is 8.10. The summed E-state index contributed by atoms with van der Waals surface area (Å²) in [5.41, 5.74) is 1.11. The molecule has 0 aliphatic carbocycles. The maximum atomic E-state index is 6.01. The number of thiazole rings is 1. The van der Waals surface area contributed by atoms with Crippen LogP contribution in [0.5, 0.6) is 5.88 Å². The number of nitrogens with zero attached hydrogens (tertiary/aromatic N) is 3. The smallest absolute Gasteiger partial charge is 0.232 e. The Balaban J connectivity index is 1.76. The van der Waals surface area contributed by atoms with Crippen molar-refractivity contribution in [2.24, 2.45) is 4.99 Å². The van der Waals surface area contributed by atoms with E-state index in [0.29, 0.717) is 30.6 Å². The Kier molecular flexibility index (Phi) is 7.94. The second kappa shape index (κ2) is 10.2.